The van der Waals surface area contributed by atoms with Crippen LogP contribution in [0, 0.1) is 6.92 Å². The number of anilines is 1. The van der Waals surface area contributed by atoms with Gasteiger partial charge in [-0.1, -0.05) is 0 Å². The first-order chi connectivity index (χ1) is 8.70. The van der Waals surface area contributed by atoms with Gasteiger partial charge in [0.15, 0.2) is 0 Å². The Morgan fingerprint density at radius 2 is 2.22 bits per heavy atom. The van der Waals surface area contributed by atoms with Crippen LogP contribution in [-0.4, -0.2) is 13.1 Å². The zero-order valence-corrected chi connectivity index (χ0v) is 10.4. The van der Waals surface area contributed by atoms with E-state index in [1.54, 1.807) is 18.4 Å². The summed E-state index contributed by atoms with van der Waals surface area (Å²) in [6.45, 7) is 2.56. The number of carbonyl (C=O) groups is 1. The Bertz CT molecular complexity index is 532. The van der Waals surface area contributed by atoms with E-state index in [-0.39, 0.29) is 5.97 Å². The van der Waals surface area contributed by atoms with Crippen LogP contribution in [0.4, 0.5) is 5.69 Å². The molecule has 0 spiro atoms. The lowest BCUT2D eigenvalue weighted by atomic mass is 10.1. The maximum Gasteiger partial charge on any atom is 0.337 e. The first-order valence-corrected chi connectivity index (χ1v) is 5.66. The van der Waals surface area contributed by atoms with Crippen molar-refractivity contribution in [1.82, 2.24) is 0 Å². The van der Waals surface area contributed by atoms with Crippen molar-refractivity contribution in [2.45, 2.75) is 13.5 Å². The number of ether oxygens (including phenoxy) is 1. The van der Waals surface area contributed by atoms with E-state index in [1.807, 2.05) is 25.1 Å². The van der Waals surface area contributed by atoms with Gasteiger partial charge in [0, 0.05) is 5.69 Å². The highest BCUT2D eigenvalue weighted by atomic mass is 16.5. The highest BCUT2D eigenvalue weighted by Crippen LogP contribution is 2.18. The highest BCUT2D eigenvalue weighted by Gasteiger charge is 2.07. The zero-order chi connectivity index (χ0) is 13.0. The van der Waals surface area contributed by atoms with Crippen LogP contribution >= 0.6 is 0 Å². The molecule has 0 amide bonds. The predicted molar refractivity (Wildman–Crippen MR) is 68.6 cm³/mol. The molecule has 0 atom stereocenters. The van der Waals surface area contributed by atoms with E-state index in [4.69, 9.17) is 4.42 Å². The first-order valence-electron chi connectivity index (χ1n) is 5.66. The van der Waals surface area contributed by atoms with Gasteiger partial charge in [0.2, 0.25) is 0 Å². The number of nitrogens with one attached hydrogen (secondary N) is 1. The summed E-state index contributed by atoms with van der Waals surface area (Å²) in [6, 6.07) is 9.17. The molecule has 1 heterocycles. The minimum absolute atomic E-state index is 0.323. The van der Waals surface area contributed by atoms with Gasteiger partial charge >= 0.3 is 5.97 Å². The molecule has 0 aliphatic rings. The number of furan rings is 1. The van der Waals surface area contributed by atoms with Crippen molar-refractivity contribution in [2.24, 2.45) is 0 Å². The second-order valence-electron chi connectivity index (χ2n) is 3.95. The molecule has 4 nitrogen and oxygen atoms in total. The largest absolute Gasteiger partial charge is 0.467 e. The van der Waals surface area contributed by atoms with Crippen LogP contribution in [0.15, 0.2) is 41.0 Å². The van der Waals surface area contributed by atoms with Gasteiger partial charge in [-0.15, -0.1) is 0 Å². The Morgan fingerprint density at radius 1 is 1.39 bits per heavy atom. The van der Waals surface area contributed by atoms with E-state index < -0.39 is 0 Å². The lowest BCUT2D eigenvalue weighted by Gasteiger charge is -2.09. The van der Waals surface area contributed by atoms with E-state index >= 15 is 0 Å². The minimum Gasteiger partial charge on any atom is -0.467 e. The third-order valence-corrected chi connectivity index (χ3v) is 2.68. The molecule has 1 aromatic heterocycles. The van der Waals surface area contributed by atoms with Crippen LogP contribution in [0.25, 0.3) is 0 Å². The summed E-state index contributed by atoms with van der Waals surface area (Å²) in [4.78, 5) is 11.4. The molecule has 4 heteroatoms. The average molecular weight is 245 g/mol. The van der Waals surface area contributed by atoms with Crippen molar-refractivity contribution in [3.63, 3.8) is 0 Å². The fourth-order valence-electron chi connectivity index (χ4n) is 1.70. The SMILES string of the molecule is COC(=O)c1ccc(NCc2ccco2)c(C)c1. The molecule has 1 N–H and O–H groups in total. The van der Waals surface area contributed by atoms with Crippen LogP contribution in [0.1, 0.15) is 21.7 Å². The molecule has 2 rings (SSSR count). The number of benzene rings is 1. The summed E-state index contributed by atoms with van der Waals surface area (Å²) >= 11 is 0. The van der Waals surface area contributed by atoms with Crippen LogP contribution in [0.5, 0.6) is 0 Å². The third-order valence-electron chi connectivity index (χ3n) is 2.68. The summed E-state index contributed by atoms with van der Waals surface area (Å²) in [7, 11) is 1.38. The molecule has 94 valence electrons. The molecule has 0 saturated heterocycles. The van der Waals surface area contributed by atoms with E-state index in [0.717, 1.165) is 17.0 Å². The number of esters is 1. The van der Waals surface area contributed by atoms with Crippen molar-refractivity contribution in [1.29, 1.82) is 0 Å². The number of methoxy groups -OCH3 is 1. The number of aryl methyl sites for hydroxylation is 1. The van der Waals surface area contributed by atoms with Crippen molar-refractivity contribution in [3.05, 3.63) is 53.5 Å². The van der Waals surface area contributed by atoms with Crippen LogP contribution in [0.2, 0.25) is 0 Å². The minimum atomic E-state index is -0.323. The number of hydrogen-bond acceptors (Lipinski definition) is 4. The Labute approximate surface area is 106 Å². The monoisotopic (exact) mass is 245 g/mol. The van der Waals surface area contributed by atoms with Gasteiger partial charge in [0.05, 0.1) is 25.5 Å². The van der Waals surface area contributed by atoms with Gasteiger partial charge < -0.3 is 14.5 Å². The Kier molecular flexibility index (Phi) is 3.67. The highest BCUT2D eigenvalue weighted by molar-refractivity contribution is 5.90. The van der Waals surface area contributed by atoms with Gasteiger partial charge in [0.25, 0.3) is 0 Å². The van der Waals surface area contributed by atoms with Crippen LogP contribution in [-0.2, 0) is 11.3 Å². The van der Waals surface area contributed by atoms with Gasteiger partial charge in [-0.2, -0.15) is 0 Å². The molecule has 0 saturated carbocycles. The maximum absolute atomic E-state index is 11.4. The van der Waals surface area contributed by atoms with Gasteiger partial charge in [-0.05, 0) is 42.8 Å². The zero-order valence-electron chi connectivity index (χ0n) is 10.4. The number of carbonyl (C=O) groups excluding carboxylic acids is 1. The summed E-state index contributed by atoms with van der Waals surface area (Å²) in [5.74, 6) is 0.544. The molecule has 0 radical (unpaired) electrons. The van der Waals surface area contributed by atoms with Crippen LogP contribution < -0.4 is 5.32 Å². The summed E-state index contributed by atoms with van der Waals surface area (Å²) < 4.78 is 9.91. The lowest BCUT2D eigenvalue weighted by molar-refractivity contribution is 0.0600. The maximum atomic E-state index is 11.4. The van der Waals surface area contributed by atoms with Gasteiger partial charge in [0.1, 0.15) is 5.76 Å². The van der Waals surface area contributed by atoms with E-state index in [2.05, 4.69) is 10.1 Å². The van der Waals surface area contributed by atoms with Gasteiger partial charge in [-0.3, -0.25) is 0 Å². The van der Waals surface area contributed by atoms with E-state index in [9.17, 15) is 4.79 Å². The standard InChI is InChI=1S/C14H15NO3/c1-10-8-11(14(16)17-2)5-6-13(10)15-9-12-4-3-7-18-12/h3-8,15H,9H2,1-2H3. The van der Waals surface area contributed by atoms with Crippen LogP contribution in [0.3, 0.4) is 0 Å². The Morgan fingerprint density at radius 3 is 2.83 bits per heavy atom. The van der Waals surface area contributed by atoms with E-state index in [1.165, 1.54) is 7.11 Å². The predicted octanol–water partition coefficient (Wildman–Crippen LogP) is 2.99. The number of rotatable bonds is 4. The van der Waals surface area contributed by atoms with Crippen molar-refractivity contribution < 1.29 is 13.9 Å². The van der Waals surface area contributed by atoms with Gasteiger partial charge in [-0.25, -0.2) is 4.79 Å². The first kappa shape index (κ1) is 12.2. The van der Waals surface area contributed by atoms with Crippen molar-refractivity contribution in [3.8, 4) is 0 Å². The quantitative estimate of drug-likeness (QED) is 0.841. The molecule has 1 aromatic carbocycles. The smallest absolute Gasteiger partial charge is 0.337 e. The van der Waals surface area contributed by atoms with Crippen molar-refractivity contribution >= 4 is 11.7 Å². The van der Waals surface area contributed by atoms with E-state index in [0.29, 0.717) is 12.1 Å². The molecule has 0 bridgehead atoms. The fraction of sp³-hybridized carbons (Fsp3) is 0.214. The Balaban J connectivity index is 2.08. The molecule has 0 fully saturated rings. The summed E-state index contributed by atoms with van der Waals surface area (Å²) in [6.07, 6.45) is 1.64. The fourth-order valence-corrected chi connectivity index (χ4v) is 1.70. The second kappa shape index (κ2) is 5.40. The molecule has 0 aliphatic carbocycles. The molecular formula is C14H15NO3. The number of hydrogen-bond donors (Lipinski definition) is 1. The topological polar surface area (TPSA) is 51.5 Å². The Hall–Kier alpha value is -2.23. The molecule has 18 heavy (non-hydrogen) atoms. The molecule has 2 aromatic rings. The second-order valence-corrected chi connectivity index (χ2v) is 3.95. The normalized spacial score (nSPS) is 10.1. The molecule has 0 aliphatic heterocycles. The average Bonchev–Trinajstić information content (AvgIpc) is 2.89. The summed E-state index contributed by atoms with van der Waals surface area (Å²) in [5, 5.41) is 3.25. The molecular weight excluding hydrogens is 230 g/mol. The summed E-state index contributed by atoms with van der Waals surface area (Å²) in [5.41, 5.74) is 2.52. The van der Waals surface area contributed by atoms with Crippen molar-refractivity contribution in [2.75, 3.05) is 12.4 Å². The third kappa shape index (κ3) is 2.71. The lowest BCUT2D eigenvalue weighted by Crippen LogP contribution is -2.04. The molecule has 0 unspecified atom stereocenters.